The Kier molecular flexibility index (Phi) is 14.7. The molecule has 2 N–H and O–H groups in total. The molecule has 0 unspecified atom stereocenters. The first-order valence-electron chi connectivity index (χ1n) is 28.3. The van der Waals surface area contributed by atoms with Crippen LogP contribution in [0.4, 0.5) is 0 Å². The molecule has 2 aliphatic heterocycles. The lowest BCUT2D eigenvalue weighted by molar-refractivity contribution is 0.0587. The van der Waals surface area contributed by atoms with E-state index in [2.05, 4.69) is 147 Å². The van der Waals surface area contributed by atoms with Gasteiger partial charge >= 0.3 is 11.9 Å². The topological polar surface area (TPSA) is 136 Å². The van der Waals surface area contributed by atoms with E-state index in [4.69, 9.17) is 28.9 Å². The predicted molar refractivity (Wildman–Crippen MR) is 323 cm³/mol. The minimum absolute atomic E-state index is 0.0926. The van der Waals surface area contributed by atoms with Gasteiger partial charge in [0.1, 0.15) is 45.6 Å². The molecule has 0 aromatic heterocycles. The fourth-order valence-electron chi connectivity index (χ4n) is 11.4. The lowest BCUT2D eigenvalue weighted by Crippen LogP contribution is -2.28. The Morgan fingerprint density at radius 1 is 0.487 bits per heavy atom. The van der Waals surface area contributed by atoms with Crippen LogP contribution < -0.4 is 9.47 Å². The maximum Gasteiger partial charge on any atom is 0.341 e. The summed E-state index contributed by atoms with van der Waals surface area (Å²) < 4.78 is 24.6. The maximum atomic E-state index is 13.5. The molecule has 1 aliphatic carbocycles. The number of rotatable bonds is 8. The molecular formula is C70H82N2O8. The average Bonchev–Trinajstić information content (AvgIpc) is 3.14. The van der Waals surface area contributed by atoms with E-state index in [0.717, 1.165) is 92.4 Å². The van der Waals surface area contributed by atoms with Crippen LogP contribution >= 0.6 is 0 Å². The van der Waals surface area contributed by atoms with Gasteiger partial charge in [0.05, 0.1) is 26.3 Å². The summed E-state index contributed by atoms with van der Waals surface area (Å²) in [5.41, 5.74) is 11.3. The van der Waals surface area contributed by atoms with Gasteiger partial charge in [0.15, 0.2) is 0 Å². The molecule has 0 saturated heterocycles. The van der Waals surface area contributed by atoms with Crippen molar-refractivity contribution in [2.75, 3.05) is 14.2 Å². The van der Waals surface area contributed by atoms with E-state index in [-0.39, 0.29) is 45.2 Å². The summed E-state index contributed by atoms with van der Waals surface area (Å²) in [6.07, 6.45) is 7.10. The highest BCUT2D eigenvalue weighted by molar-refractivity contribution is 5.96. The summed E-state index contributed by atoms with van der Waals surface area (Å²) in [6, 6.07) is 27.7. The fraction of sp³-hybridized carbons (Fsp3) is 0.429. The zero-order valence-electron chi connectivity index (χ0n) is 50.5. The highest BCUT2D eigenvalue weighted by Gasteiger charge is 2.43. The van der Waals surface area contributed by atoms with Gasteiger partial charge in [-0.05, 0) is 116 Å². The zero-order valence-corrected chi connectivity index (χ0v) is 50.5. The number of ether oxygens (including phenoxy) is 4. The normalized spacial score (nSPS) is 17.7. The quantitative estimate of drug-likeness (QED) is 0.114. The van der Waals surface area contributed by atoms with Gasteiger partial charge in [0, 0.05) is 67.8 Å². The summed E-state index contributed by atoms with van der Waals surface area (Å²) in [5, 5.41) is 22.9. The number of aliphatic imine (C=N–C) groups is 2. The number of aromatic hydroxyl groups is 2. The van der Waals surface area contributed by atoms with E-state index in [0.29, 0.717) is 45.3 Å². The second-order valence-electron chi connectivity index (χ2n) is 27.6. The van der Waals surface area contributed by atoms with E-state index in [1.807, 2.05) is 36.4 Å². The summed E-state index contributed by atoms with van der Waals surface area (Å²) in [5.74, 6) is 1.54. The van der Waals surface area contributed by atoms with Crippen molar-refractivity contribution in [2.45, 2.75) is 181 Å². The molecule has 10 nitrogen and oxygen atoms in total. The van der Waals surface area contributed by atoms with Crippen LogP contribution in [0.25, 0.3) is 22.3 Å². The van der Waals surface area contributed by atoms with Gasteiger partial charge in [-0.1, -0.05) is 160 Å². The number of fused-ring (bicyclic) bond motifs is 4. The number of methoxy groups -OCH3 is 2. The molecule has 80 heavy (non-hydrogen) atoms. The number of hydrogen-bond acceptors (Lipinski definition) is 10. The Labute approximate surface area is 474 Å². The summed E-state index contributed by atoms with van der Waals surface area (Å²) in [7, 11) is 2.80. The zero-order chi connectivity index (χ0) is 58.4. The van der Waals surface area contributed by atoms with Crippen molar-refractivity contribution in [2.24, 2.45) is 9.98 Å². The first-order valence-corrected chi connectivity index (χ1v) is 28.3. The Morgan fingerprint density at radius 3 is 1.11 bits per heavy atom. The number of esters is 2. The average molecular weight is 1080 g/mol. The molecule has 6 aromatic carbocycles. The highest BCUT2D eigenvalue weighted by atomic mass is 16.5. The molecular weight excluding hydrogens is 997 g/mol. The van der Waals surface area contributed by atoms with Crippen LogP contribution in [-0.2, 0) is 42.0 Å². The minimum Gasteiger partial charge on any atom is -0.507 e. The number of phenols is 2. The Morgan fingerprint density at radius 2 is 0.800 bits per heavy atom. The Bertz CT molecular complexity index is 3300. The molecule has 2 heterocycles. The molecule has 420 valence electrons. The molecule has 0 amide bonds. The molecule has 2 atom stereocenters. The first-order chi connectivity index (χ1) is 37.2. The number of hydrogen-bond donors (Lipinski definition) is 2. The molecule has 9 rings (SSSR count). The standard InChI is InChI=1S/C70H82N2O8/c1-65(2,3)43-29-47(59-51(33-43)69(13,14)53-35-45(67(7,8)9)31-49(61(53)79-59)63(75)77-17)39-23-25-57(73)41(27-39)37-71-55-21-19-20-22-56(55)72-38-42-28-40(24-26-58(42)74)48-30-44(66(4,5)6)34-52-60(48)80-62-50(64(76)78-18)32-46(68(10,11)12)36-54(62)70(52,15)16/h23-38,55-56,73-74H,19-22H2,1-18H3/t55-,56-/m0/s1. The van der Waals surface area contributed by atoms with Crippen molar-refractivity contribution >= 4 is 24.4 Å². The third-order valence-corrected chi connectivity index (χ3v) is 16.9. The number of nitrogens with zero attached hydrogens (tertiary/aromatic N) is 2. The second kappa shape index (κ2) is 20.4. The van der Waals surface area contributed by atoms with Crippen LogP contribution in [-0.4, -0.2) is 60.9 Å². The molecule has 0 bridgehead atoms. The van der Waals surface area contributed by atoms with Crippen molar-refractivity contribution in [3.63, 3.8) is 0 Å². The molecule has 10 heteroatoms. The summed E-state index contributed by atoms with van der Waals surface area (Å²) >= 11 is 0. The molecule has 0 spiro atoms. The third kappa shape index (κ3) is 10.7. The van der Waals surface area contributed by atoms with Crippen molar-refractivity contribution in [3.05, 3.63) is 152 Å². The van der Waals surface area contributed by atoms with E-state index < -0.39 is 22.8 Å². The van der Waals surface area contributed by atoms with Gasteiger partial charge in [-0.2, -0.15) is 0 Å². The molecule has 1 saturated carbocycles. The van der Waals surface area contributed by atoms with Gasteiger partial charge in [-0.15, -0.1) is 0 Å². The number of phenolic OH excluding ortho intramolecular Hbond substituents is 2. The van der Waals surface area contributed by atoms with Crippen LogP contribution in [0.5, 0.6) is 34.5 Å². The second-order valence-corrected chi connectivity index (χ2v) is 27.6. The predicted octanol–water partition coefficient (Wildman–Crippen LogP) is 16.9. The number of carbonyl (C=O) groups excluding carboxylic acids is 2. The van der Waals surface area contributed by atoms with Crippen LogP contribution in [0.15, 0.2) is 94.9 Å². The molecule has 3 aliphatic rings. The Balaban J connectivity index is 1.07. The van der Waals surface area contributed by atoms with Gasteiger partial charge < -0.3 is 29.2 Å². The first kappa shape index (κ1) is 57.5. The minimum atomic E-state index is -0.567. The highest BCUT2D eigenvalue weighted by Crippen LogP contribution is 2.57. The van der Waals surface area contributed by atoms with Gasteiger partial charge in [-0.25, -0.2) is 9.59 Å². The van der Waals surface area contributed by atoms with E-state index in [1.54, 1.807) is 24.6 Å². The fourth-order valence-corrected chi connectivity index (χ4v) is 11.4. The maximum absolute atomic E-state index is 13.5. The van der Waals surface area contributed by atoms with Gasteiger partial charge in [-0.3, -0.25) is 9.98 Å². The van der Waals surface area contributed by atoms with Crippen LogP contribution in [0.2, 0.25) is 0 Å². The van der Waals surface area contributed by atoms with Gasteiger partial charge in [0.2, 0.25) is 0 Å². The van der Waals surface area contributed by atoms with E-state index in [1.165, 1.54) is 14.2 Å². The van der Waals surface area contributed by atoms with Crippen molar-refractivity contribution in [1.82, 2.24) is 0 Å². The molecule has 0 radical (unpaired) electrons. The lowest BCUT2D eigenvalue weighted by atomic mass is 9.70. The lowest BCUT2D eigenvalue weighted by Gasteiger charge is -2.39. The summed E-state index contributed by atoms with van der Waals surface area (Å²) in [6.45, 7) is 34.8. The number of benzene rings is 6. The number of carbonyl (C=O) groups is 2. The molecule has 1 fully saturated rings. The van der Waals surface area contributed by atoms with Crippen molar-refractivity contribution in [1.29, 1.82) is 0 Å². The smallest absolute Gasteiger partial charge is 0.341 e. The molecule has 6 aromatic rings. The Hall–Kier alpha value is -7.20. The van der Waals surface area contributed by atoms with Crippen molar-refractivity contribution < 1.29 is 38.7 Å². The van der Waals surface area contributed by atoms with E-state index in [9.17, 15) is 19.8 Å². The van der Waals surface area contributed by atoms with Crippen LogP contribution in [0, 0.1) is 0 Å². The largest absolute Gasteiger partial charge is 0.507 e. The van der Waals surface area contributed by atoms with Crippen molar-refractivity contribution in [3.8, 4) is 56.8 Å². The monoisotopic (exact) mass is 1080 g/mol. The van der Waals surface area contributed by atoms with Gasteiger partial charge in [0.25, 0.3) is 0 Å². The van der Waals surface area contributed by atoms with E-state index >= 15 is 0 Å². The summed E-state index contributed by atoms with van der Waals surface area (Å²) in [4.78, 5) is 37.4. The third-order valence-electron chi connectivity index (χ3n) is 16.9. The SMILES string of the molecule is COC(=O)c1cc(C(C)(C)C)cc2c1Oc1c(-c3ccc(O)c(C=N[C@H]4CCCC[C@@H]4N=Cc4cc(-c5cc(C(C)(C)C)cc6c5Oc5c(C(=O)OC)cc(C(C)(C)C)cc5C6(C)C)ccc4O)c3)cc(C(C)(C)C)cc1C2(C)C. The van der Waals surface area contributed by atoms with Crippen LogP contribution in [0.3, 0.4) is 0 Å². The van der Waals surface area contributed by atoms with Crippen LogP contribution in [0.1, 0.15) is 213 Å².